The second kappa shape index (κ2) is 8.66. The molecule has 0 saturated carbocycles. The third kappa shape index (κ3) is 3.58. The van der Waals surface area contributed by atoms with Crippen molar-refractivity contribution < 1.29 is 14.3 Å². The van der Waals surface area contributed by atoms with E-state index in [1.165, 1.54) is 0 Å². The fraction of sp³-hybridized carbons (Fsp3) is 0.0741. The van der Waals surface area contributed by atoms with Gasteiger partial charge in [0.2, 0.25) is 0 Å². The number of carbonyl (C=O) groups excluding carboxylic acids is 1. The molecule has 4 aromatic rings. The molecule has 0 atom stereocenters. The summed E-state index contributed by atoms with van der Waals surface area (Å²) in [6.07, 6.45) is 0. The highest BCUT2D eigenvalue weighted by molar-refractivity contribution is 6.16. The van der Waals surface area contributed by atoms with Crippen molar-refractivity contribution in [2.24, 2.45) is 0 Å². The van der Waals surface area contributed by atoms with E-state index in [2.05, 4.69) is 0 Å². The molecule has 0 unspecified atom stereocenters. The smallest absolute Gasteiger partial charge is 0.194 e. The first-order valence-electron chi connectivity index (χ1n) is 9.74. The van der Waals surface area contributed by atoms with Gasteiger partial charge >= 0.3 is 0 Å². The molecule has 4 aromatic carbocycles. The number of ketones is 1. The molecule has 0 N–H and O–H groups in total. The number of ether oxygens (including phenoxy) is 2. The zero-order chi connectivity index (χ0) is 20.9. The Kier molecular flexibility index (Phi) is 5.62. The first-order valence-corrected chi connectivity index (χ1v) is 9.74. The van der Waals surface area contributed by atoms with E-state index < -0.39 is 0 Å². The molecule has 0 saturated heterocycles. The fourth-order valence-electron chi connectivity index (χ4n) is 3.71. The molecule has 0 heterocycles. The van der Waals surface area contributed by atoms with Gasteiger partial charge in [-0.1, -0.05) is 84.9 Å². The molecule has 0 aliphatic rings. The Hall–Kier alpha value is -3.85. The van der Waals surface area contributed by atoms with Crippen LogP contribution in [0.15, 0.2) is 97.1 Å². The Morgan fingerprint density at radius 1 is 0.500 bits per heavy atom. The lowest BCUT2D eigenvalue weighted by molar-refractivity contribution is 0.104. The van der Waals surface area contributed by atoms with Gasteiger partial charge < -0.3 is 9.47 Å². The van der Waals surface area contributed by atoms with E-state index in [1.807, 2.05) is 97.1 Å². The quantitative estimate of drug-likeness (QED) is 0.362. The largest absolute Gasteiger partial charge is 0.496 e. The van der Waals surface area contributed by atoms with E-state index in [0.717, 1.165) is 33.8 Å². The fourth-order valence-corrected chi connectivity index (χ4v) is 3.71. The van der Waals surface area contributed by atoms with Crippen LogP contribution in [0.3, 0.4) is 0 Å². The highest BCUT2D eigenvalue weighted by Gasteiger charge is 2.20. The van der Waals surface area contributed by atoms with Crippen LogP contribution >= 0.6 is 0 Å². The highest BCUT2D eigenvalue weighted by atomic mass is 16.5. The van der Waals surface area contributed by atoms with Gasteiger partial charge in [-0.15, -0.1) is 0 Å². The molecule has 0 fully saturated rings. The first kappa shape index (κ1) is 19.5. The zero-order valence-corrected chi connectivity index (χ0v) is 17.0. The van der Waals surface area contributed by atoms with Gasteiger partial charge in [0, 0.05) is 22.3 Å². The summed E-state index contributed by atoms with van der Waals surface area (Å²) in [6, 6.07) is 30.8. The summed E-state index contributed by atoms with van der Waals surface area (Å²) in [7, 11) is 3.28. The number of rotatable bonds is 6. The van der Waals surface area contributed by atoms with Crippen molar-refractivity contribution in [3.8, 4) is 33.8 Å². The number of methoxy groups -OCH3 is 2. The summed E-state index contributed by atoms with van der Waals surface area (Å²) in [5.41, 5.74) is 4.72. The van der Waals surface area contributed by atoms with Gasteiger partial charge in [0.25, 0.3) is 0 Å². The van der Waals surface area contributed by atoms with Crippen LogP contribution < -0.4 is 9.47 Å². The summed E-state index contributed by atoms with van der Waals surface area (Å²) in [4.78, 5) is 13.8. The molecule has 0 aromatic heterocycles. The van der Waals surface area contributed by atoms with Gasteiger partial charge in [-0.2, -0.15) is 0 Å². The summed E-state index contributed by atoms with van der Waals surface area (Å²) in [5.74, 6) is 1.42. The predicted molar refractivity (Wildman–Crippen MR) is 120 cm³/mol. The number of benzene rings is 4. The van der Waals surface area contributed by atoms with Crippen molar-refractivity contribution >= 4 is 5.78 Å². The van der Waals surface area contributed by atoms with E-state index in [1.54, 1.807) is 14.2 Å². The molecule has 30 heavy (non-hydrogen) atoms. The predicted octanol–water partition coefficient (Wildman–Crippen LogP) is 6.27. The molecule has 3 nitrogen and oxygen atoms in total. The number of carbonyl (C=O) groups is 1. The molecule has 0 radical (unpaired) electrons. The molecule has 3 heteroatoms. The molecular weight excluding hydrogens is 372 g/mol. The van der Waals surface area contributed by atoms with Crippen molar-refractivity contribution in [3.05, 3.63) is 108 Å². The Balaban J connectivity index is 1.87. The summed E-state index contributed by atoms with van der Waals surface area (Å²) < 4.78 is 11.1. The molecule has 148 valence electrons. The highest BCUT2D eigenvalue weighted by Crippen LogP contribution is 2.36. The zero-order valence-electron chi connectivity index (χ0n) is 17.0. The molecule has 0 aliphatic carbocycles. The van der Waals surface area contributed by atoms with Gasteiger partial charge in [-0.3, -0.25) is 4.79 Å². The average Bonchev–Trinajstić information content (AvgIpc) is 2.83. The van der Waals surface area contributed by atoms with E-state index >= 15 is 0 Å². The lowest BCUT2D eigenvalue weighted by atomic mass is 9.89. The number of hydrogen-bond acceptors (Lipinski definition) is 3. The summed E-state index contributed by atoms with van der Waals surface area (Å²) >= 11 is 0. The van der Waals surface area contributed by atoms with Gasteiger partial charge in [-0.25, -0.2) is 0 Å². The van der Waals surface area contributed by atoms with E-state index in [9.17, 15) is 4.79 Å². The minimum Gasteiger partial charge on any atom is -0.496 e. The van der Waals surface area contributed by atoms with Crippen LogP contribution in [0, 0.1) is 0 Å². The van der Waals surface area contributed by atoms with E-state index in [-0.39, 0.29) is 5.78 Å². The Morgan fingerprint density at radius 3 is 1.23 bits per heavy atom. The molecule has 4 rings (SSSR count). The Morgan fingerprint density at radius 2 is 0.833 bits per heavy atom. The number of hydrogen-bond donors (Lipinski definition) is 0. The third-order valence-corrected chi connectivity index (χ3v) is 5.14. The van der Waals surface area contributed by atoms with Gasteiger partial charge in [0.05, 0.1) is 14.2 Å². The molecule has 0 spiro atoms. The topological polar surface area (TPSA) is 35.5 Å². The van der Waals surface area contributed by atoms with Crippen molar-refractivity contribution in [2.45, 2.75) is 0 Å². The average molecular weight is 394 g/mol. The third-order valence-electron chi connectivity index (χ3n) is 5.14. The van der Waals surface area contributed by atoms with Crippen LogP contribution in [0.4, 0.5) is 0 Å². The maximum atomic E-state index is 13.8. The van der Waals surface area contributed by atoms with E-state index in [0.29, 0.717) is 11.1 Å². The molecular formula is C27H22O3. The Labute approximate surface area is 176 Å². The van der Waals surface area contributed by atoms with Crippen molar-refractivity contribution in [1.82, 2.24) is 0 Å². The van der Waals surface area contributed by atoms with Gasteiger partial charge in [0.15, 0.2) is 5.78 Å². The summed E-state index contributed by atoms with van der Waals surface area (Å²) in [6.45, 7) is 0. The van der Waals surface area contributed by atoms with Crippen LogP contribution in [-0.4, -0.2) is 20.0 Å². The summed E-state index contributed by atoms with van der Waals surface area (Å²) in [5, 5.41) is 0. The van der Waals surface area contributed by atoms with Crippen molar-refractivity contribution in [2.75, 3.05) is 14.2 Å². The molecule has 0 aliphatic heterocycles. The normalized spacial score (nSPS) is 10.5. The molecule has 0 bridgehead atoms. The maximum absolute atomic E-state index is 13.8. The Bertz CT molecular complexity index is 1100. The first-order chi connectivity index (χ1) is 14.7. The van der Waals surface area contributed by atoms with Crippen molar-refractivity contribution in [1.29, 1.82) is 0 Å². The van der Waals surface area contributed by atoms with E-state index in [4.69, 9.17) is 9.47 Å². The lowest BCUT2D eigenvalue weighted by Crippen LogP contribution is -2.06. The second-order valence-corrected chi connectivity index (χ2v) is 6.82. The second-order valence-electron chi connectivity index (χ2n) is 6.82. The number of para-hydroxylation sites is 2. The van der Waals surface area contributed by atoms with Crippen LogP contribution in [-0.2, 0) is 0 Å². The maximum Gasteiger partial charge on any atom is 0.194 e. The van der Waals surface area contributed by atoms with Gasteiger partial charge in [0.1, 0.15) is 11.5 Å². The van der Waals surface area contributed by atoms with Crippen LogP contribution in [0.25, 0.3) is 22.3 Å². The monoisotopic (exact) mass is 394 g/mol. The van der Waals surface area contributed by atoms with Crippen LogP contribution in [0.2, 0.25) is 0 Å². The SMILES string of the molecule is COc1ccccc1-c1ccccc1C(=O)c1ccccc1-c1ccccc1OC. The van der Waals surface area contributed by atoms with Crippen LogP contribution in [0.1, 0.15) is 15.9 Å². The van der Waals surface area contributed by atoms with Crippen molar-refractivity contribution in [3.63, 3.8) is 0 Å². The molecule has 0 amide bonds. The lowest BCUT2D eigenvalue weighted by Gasteiger charge is -2.15. The standard InChI is InChI=1S/C27H22O3/c1-29-25-17-9-7-13-21(25)19-11-3-5-15-23(19)27(28)24-16-6-4-12-20(24)22-14-8-10-18-26(22)30-2/h3-18H,1-2H3. The van der Waals surface area contributed by atoms with Crippen LogP contribution in [0.5, 0.6) is 11.5 Å². The van der Waals surface area contributed by atoms with Gasteiger partial charge in [-0.05, 0) is 23.3 Å². The minimum atomic E-state index is -0.0435. The minimum absolute atomic E-state index is 0.0435.